The number of anilines is 1. The van der Waals surface area contributed by atoms with Gasteiger partial charge in [0.2, 0.25) is 5.91 Å². The van der Waals surface area contributed by atoms with E-state index in [9.17, 15) is 4.79 Å². The molecular weight excluding hydrogens is 479 g/mol. The van der Waals surface area contributed by atoms with E-state index in [2.05, 4.69) is 30.8 Å². The lowest BCUT2D eigenvalue weighted by molar-refractivity contribution is -0.121. The molecule has 1 atom stereocenters. The molecule has 1 aliphatic heterocycles. The summed E-state index contributed by atoms with van der Waals surface area (Å²) in [5, 5.41) is 10.2. The van der Waals surface area contributed by atoms with Gasteiger partial charge in [0.1, 0.15) is 12.4 Å². The van der Waals surface area contributed by atoms with Crippen LogP contribution in [-0.2, 0) is 4.79 Å². The van der Waals surface area contributed by atoms with Crippen molar-refractivity contribution in [3.8, 4) is 0 Å². The lowest BCUT2D eigenvalue weighted by atomic mass is 10.1. The summed E-state index contributed by atoms with van der Waals surface area (Å²) in [6.07, 6.45) is 2.70. The van der Waals surface area contributed by atoms with Crippen molar-refractivity contribution in [3.05, 3.63) is 23.4 Å². The second-order valence-corrected chi connectivity index (χ2v) is 7.79. The molecule has 1 aromatic rings. The second kappa shape index (κ2) is 10.9. The van der Waals surface area contributed by atoms with E-state index in [0.717, 1.165) is 31.9 Å². The van der Waals surface area contributed by atoms with Crippen molar-refractivity contribution in [3.63, 3.8) is 0 Å². The predicted octanol–water partition coefficient (Wildman–Crippen LogP) is 2.40. The fraction of sp³-hybridized carbons (Fsp3) is 0.611. The van der Waals surface area contributed by atoms with Crippen LogP contribution in [0.5, 0.6) is 0 Å². The number of hydrogen-bond donors (Lipinski definition) is 3. The lowest BCUT2D eigenvalue weighted by Gasteiger charge is -2.21. The Balaban J connectivity index is 0.00000364. The molecule has 0 aromatic carbocycles. The van der Waals surface area contributed by atoms with Crippen LogP contribution in [0.1, 0.15) is 34.1 Å². The van der Waals surface area contributed by atoms with Crippen LogP contribution in [0.25, 0.3) is 0 Å². The third-order valence-corrected chi connectivity index (χ3v) is 4.10. The van der Waals surface area contributed by atoms with Gasteiger partial charge < -0.3 is 20.9 Å². The monoisotopic (exact) mass is 508 g/mol. The predicted molar refractivity (Wildman–Crippen MR) is 122 cm³/mol. The van der Waals surface area contributed by atoms with Crippen molar-refractivity contribution in [2.24, 2.45) is 4.99 Å². The highest BCUT2D eigenvalue weighted by atomic mass is 127. The minimum atomic E-state index is -0.258. The number of amides is 1. The Labute approximate surface area is 183 Å². The molecular formula is C18H30ClIN6O. The van der Waals surface area contributed by atoms with Gasteiger partial charge in [-0.3, -0.25) is 4.79 Å². The molecule has 27 heavy (non-hydrogen) atoms. The number of carbonyl (C=O) groups excluding carboxylic acids is 1. The average molecular weight is 509 g/mol. The van der Waals surface area contributed by atoms with Gasteiger partial charge in [-0.05, 0) is 46.2 Å². The van der Waals surface area contributed by atoms with E-state index in [1.807, 2.05) is 39.8 Å². The summed E-state index contributed by atoms with van der Waals surface area (Å²) >= 11 is 6.24. The third kappa shape index (κ3) is 8.08. The fourth-order valence-electron chi connectivity index (χ4n) is 2.80. The lowest BCUT2D eigenvalue weighted by Crippen LogP contribution is -2.46. The highest BCUT2D eigenvalue weighted by Crippen LogP contribution is 2.25. The van der Waals surface area contributed by atoms with Gasteiger partial charge in [0, 0.05) is 37.4 Å². The molecule has 0 aliphatic carbocycles. The van der Waals surface area contributed by atoms with E-state index in [1.54, 1.807) is 6.20 Å². The van der Waals surface area contributed by atoms with Gasteiger partial charge in [0.05, 0.1) is 5.02 Å². The summed E-state index contributed by atoms with van der Waals surface area (Å²) in [6.45, 7) is 10.3. The smallest absolute Gasteiger partial charge is 0.242 e. The SMILES string of the molecule is CCNC(=NCC(=O)NC(C)(C)C)NC1CCN(c2ncccc2Cl)C1.I. The largest absolute Gasteiger partial charge is 0.357 e. The number of pyridine rings is 1. The molecule has 1 unspecified atom stereocenters. The second-order valence-electron chi connectivity index (χ2n) is 7.38. The van der Waals surface area contributed by atoms with Crippen LogP contribution in [0.3, 0.4) is 0 Å². The Morgan fingerprint density at radius 2 is 2.19 bits per heavy atom. The minimum absolute atomic E-state index is 0. The molecule has 7 nitrogen and oxygen atoms in total. The maximum Gasteiger partial charge on any atom is 0.242 e. The highest BCUT2D eigenvalue weighted by Gasteiger charge is 2.25. The minimum Gasteiger partial charge on any atom is -0.357 e. The molecule has 2 rings (SSSR count). The van der Waals surface area contributed by atoms with Gasteiger partial charge in [-0.1, -0.05) is 11.6 Å². The fourth-order valence-corrected chi connectivity index (χ4v) is 3.04. The molecule has 152 valence electrons. The molecule has 2 heterocycles. The van der Waals surface area contributed by atoms with Gasteiger partial charge in [0.25, 0.3) is 0 Å². The van der Waals surface area contributed by atoms with Crippen LogP contribution in [0, 0.1) is 0 Å². The summed E-state index contributed by atoms with van der Waals surface area (Å²) in [5.74, 6) is 1.36. The summed E-state index contributed by atoms with van der Waals surface area (Å²) in [6, 6.07) is 3.90. The number of rotatable bonds is 5. The molecule has 0 bridgehead atoms. The van der Waals surface area contributed by atoms with Gasteiger partial charge in [-0.15, -0.1) is 24.0 Å². The molecule has 1 aliphatic rings. The van der Waals surface area contributed by atoms with Gasteiger partial charge in [0.15, 0.2) is 5.96 Å². The van der Waals surface area contributed by atoms with Crippen LogP contribution >= 0.6 is 35.6 Å². The Bertz CT molecular complexity index is 649. The topological polar surface area (TPSA) is 81.6 Å². The first-order valence-electron chi connectivity index (χ1n) is 9.00. The van der Waals surface area contributed by atoms with E-state index in [-0.39, 0.29) is 48.0 Å². The number of halogens is 2. The summed E-state index contributed by atoms with van der Waals surface area (Å²) in [5.41, 5.74) is -0.258. The molecule has 0 spiro atoms. The van der Waals surface area contributed by atoms with Crippen LogP contribution in [0.4, 0.5) is 5.82 Å². The molecule has 1 fully saturated rings. The first-order chi connectivity index (χ1) is 12.3. The van der Waals surface area contributed by atoms with E-state index in [0.29, 0.717) is 11.0 Å². The van der Waals surface area contributed by atoms with E-state index in [4.69, 9.17) is 11.6 Å². The first kappa shape index (κ1) is 23.7. The van der Waals surface area contributed by atoms with E-state index >= 15 is 0 Å². The molecule has 0 radical (unpaired) electrons. The number of hydrogen-bond acceptors (Lipinski definition) is 4. The number of guanidine groups is 1. The third-order valence-electron chi connectivity index (χ3n) is 3.81. The van der Waals surface area contributed by atoms with Gasteiger partial charge >= 0.3 is 0 Å². The Kier molecular flexibility index (Phi) is 9.58. The molecule has 9 heteroatoms. The van der Waals surface area contributed by atoms with Crippen LogP contribution in [0.15, 0.2) is 23.3 Å². The van der Waals surface area contributed by atoms with E-state index < -0.39 is 0 Å². The zero-order valence-corrected chi connectivity index (χ0v) is 19.5. The summed E-state index contributed by atoms with van der Waals surface area (Å²) in [4.78, 5) is 22.9. The van der Waals surface area contributed by atoms with Gasteiger partial charge in [-0.2, -0.15) is 0 Å². The van der Waals surface area contributed by atoms with Crippen molar-refractivity contribution < 1.29 is 4.79 Å². The number of nitrogens with one attached hydrogen (secondary N) is 3. The van der Waals surface area contributed by atoms with Gasteiger partial charge in [-0.25, -0.2) is 9.98 Å². The van der Waals surface area contributed by atoms with Crippen molar-refractivity contribution in [2.45, 2.75) is 45.7 Å². The molecule has 1 amide bonds. The quantitative estimate of drug-likeness (QED) is 0.323. The molecule has 0 saturated carbocycles. The Hall–Kier alpha value is -1.29. The van der Waals surface area contributed by atoms with Crippen molar-refractivity contribution in [2.75, 3.05) is 31.1 Å². The standard InChI is InChI=1S/C18H29ClN6O.HI/c1-5-20-17(22-11-15(26)24-18(2,3)4)23-13-8-10-25(12-13)16-14(19)7-6-9-21-16;/h6-7,9,13H,5,8,10-12H2,1-4H3,(H,24,26)(H2,20,22,23);1H. The molecule has 1 aromatic heterocycles. The zero-order valence-electron chi connectivity index (χ0n) is 16.4. The van der Waals surface area contributed by atoms with Crippen LogP contribution in [0.2, 0.25) is 5.02 Å². The number of aliphatic imine (C=N–C) groups is 1. The van der Waals surface area contributed by atoms with Crippen LogP contribution < -0.4 is 20.9 Å². The highest BCUT2D eigenvalue weighted by molar-refractivity contribution is 14.0. The van der Waals surface area contributed by atoms with Crippen molar-refractivity contribution in [1.82, 2.24) is 20.9 Å². The van der Waals surface area contributed by atoms with Crippen molar-refractivity contribution >= 4 is 53.3 Å². The molecule has 3 N–H and O–H groups in total. The number of aromatic nitrogens is 1. The first-order valence-corrected chi connectivity index (χ1v) is 9.37. The van der Waals surface area contributed by atoms with Crippen molar-refractivity contribution in [1.29, 1.82) is 0 Å². The Morgan fingerprint density at radius 3 is 2.81 bits per heavy atom. The number of nitrogens with zero attached hydrogens (tertiary/aromatic N) is 3. The normalized spacial score (nSPS) is 17.3. The van der Waals surface area contributed by atoms with E-state index in [1.165, 1.54) is 0 Å². The Morgan fingerprint density at radius 1 is 1.44 bits per heavy atom. The summed E-state index contributed by atoms with van der Waals surface area (Å²) < 4.78 is 0. The number of carbonyl (C=O) groups is 1. The maximum absolute atomic E-state index is 12.0. The molecule has 1 saturated heterocycles. The zero-order chi connectivity index (χ0) is 19.2. The average Bonchev–Trinajstić information content (AvgIpc) is 3.00. The summed E-state index contributed by atoms with van der Waals surface area (Å²) in [7, 11) is 0. The maximum atomic E-state index is 12.0. The van der Waals surface area contributed by atoms with Crippen LogP contribution in [-0.4, -0.2) is 54.6 Å².